The number of thiophene rings is 1. The van der Waals surface area contributed by atoms with Crippen molar-refractivity contribution in [3.05, 3.63) is 48.8 Å². The molecule has 1 unspecified atom stereocenters. The molecule has 1 N–H and O–H groups in total. The Morgan fingerprint density at radius 3 is 2.70 bits per heavy atom. The van der Waals surface area contributed by atoms with E-state index in [4.69, 9.17) is 12.2 Å². The summed E-state index contributed by atoms with van der Waals surface area (Å²) in [6.07, 6.45) is 0. The molecule has 0 aliphatic carbocycles. The van der Waals surface area contributed by atoms with Gasteiger partial charge in [-0.1, -0.05) is 15.9 Å². The van der Waals surface area contributed by atoms with Gasteiger partial charge in [-0.2, -0.15) is 0 Å². The molecular weight excluding hydrogens is 352 g/mol. The van der Waals surface area contributed by atoms with Gasteiger partial charge in [0.15, 0.2) is 4.77 Å². The van der Waals surface area contributed by atoms with Crippen LogP contribution in [0.2, 0.25) is 0 Å². The molecule has 0 spiro atoms. The molecule has 2 heterocycles. The van der Waals surface area contributed by atoms with Crippen molar-refractivity contribution in [3.8, 4) is 0 Å². The molecule has 0 saturated carbocycles. The fourth-order valence-corrected chi connectivity index (χ4v) is 4.44. The molecule has 1 atom stereocenters. The molecule has 1 aromatic carbocycles. The number of H-pyrrole nitrogens is 1. The van der Waals surface area contributed by atoms with E-state index in [1.54, 1.807) is 0 Å². The first-order valence-corrected chi connectivity index (χ1v) is 8.46. The van der Waals surface area contributed by atoms with E-state index in [2.05, 4.69) is 70.5 Å². The van der Waals surface area contributed by atoms with Crippen LogP contribution in [-0.4, -0.2) is 9.55 Å². The Morgan fingerprint density at radius 2 is 2.05 bits per heavy atom. The van der Waals surface area contributed by atoms with Gasteiger partial charge in [0.1, 0.15) is 0 Å². The van der Waals surface area contributed by atoms with E-state index in [9.17, 15) is 0 Å². The van der Waals surface area contributed by atoms with Gasteiger partial charge < -0.3 is 9.55 Å². The summed E-state index contributed by atoms with van der Waals surface area (Å²) in [5.41, 5.74) is 3.57. The van der Waals surface area contributed by atoms with E-state index in [-0.39, 0.29) is 6.04 Å². The maximum Gasteiger partial charge on any atom is 0.178 e. The average molecular weight is 367 g/mol. The lowest BCUT2D eigenvalue weighted by atomic mass is 10.1. The Kier molecular flexibility index (Phi) is 3.60. The van der Waals surface area contributed by atoms with E-state index >= 15 is 0 Å². The molecule has 0 saturated heterocycles. The molecule has 2 aromatic heterocycles. The van der Waals surface area contributed by atoms with E-state index in [0.717, 1.165) is 20.3 Å². The first-order valence-electron chi connectivity index (χ1n) is 6.44. The van der Waals surface area contributed by atoms with Gasteiger partial charge in [-0.25, -0.2) is 0 Å². The number of nitrogens with one attached hydrogen (secondary N) is 1. The van der Waals surface area contributed by atoms with E-state index in [1.165, 1.54) is 15.3 Å². The molecule has 20 heavy (non-hydrogen) atoms. The maximum atomic E-state index is 5.52. The first-order chi connectivity index (χ1) is 9.47. The standard InChI is InChI=1S/C15H15BrN2S2/c1-8-6-12(10(3)20-8)9(2)18-14-5-4-11(16)7-13(14)17-15(18)19/h4-7,9H,1-3H3,(H,17,19). The zero-order valence-electron chi connectivity index (χ0n) is 11.5. The van der Waals surface area contributed by atoms with Crippen LogP contribution < -0.4 is 0 Å². The maximum absolute atomic E-state index is 5.52. The third-order valence-electron chi connectivity index (χ3n) is 3.60. The number of halogens is 1. The molecule has 0 fully saturated rings. The Morgan fingerprint density at radius 1 is 1.30 bits per heavy atom. The molecular formula is C15H15BrN2S2. The molecule has 2 nitrogen and oxygen atoms in total. The van der Waals surface area contributed by atoms with Gasteiger partial charge in [-0.05, 0) is 62.8 Å². The minimum atomic E-state index is 0.238. The van der Waals surface area contributed by atoms with E-state index in [1.807, 2.05) is 11.3 Å². The molecule has 3 rings (SSSR count). The van der Waals surface area contributed by atoms with Gasteiger partial charge in [0.05, 0.1) is 17.1 Å². The summed E-state index contributed by atoms with van der Waals surface area (Å²) in [6.45, 7) is 6.54. The minimum absolute atomic E-state index is 0.238. The highest BCUT2D eigenvalue weighted by molar-refractivity contribution is 9.10. The van der Waals surface area contributed by atoms with Crippen molar-refractivity contribution in [2.24, 2.45) is 0 Å². The van der Waals surface area contributed by atoms with Gasteiger partial charge in [0, 0.05) is 14.2 Å². The Hall–Kier alpha value is -0.910. The summed E-state index contributed by atoms with van der Waals surface area (Å²) < 4.78 is 4.03. The van der Waals surface area contributed by atoms with Crippen LogP contribution in [0.5, 0.6) is 0 Å². The van der Waals surface area contributed by atoms with Gasteiger partial charge in [-0.15, -0.1) is 11.3 Å². The minimum Gasteiger partial charge on any atom is -0.331 e. The first kappa shape index (κ1) is 14.0. The van der Waals surface area contributed by atoms with Crippen molar-refractivity contribution < 1.29 is 0 Å². The Labute approximate surface area is 135 Å². The second-order valence-corrected chi connectivity index (χ2v) is 7.77. The Bertz CT molecular complexity index is 841. The average Bonchev–Trinajstić information content (AvgIpc) is 2.87. The van der Waals surface area contributed by atoms with Crippen molar-refractivity contribution in [1.29, 1.82) is 0 Å². The molecule has 5 heteroatoms. The number of benzene rings is 1. The van der Waals surface area contributed by atoms with Crippen molar-refractivity contribution in [3.63, 3.8) is 0 Å². The lowest BCUT2D eigenvalue weighted by molar-refractivity contribution is 0.648. The number of fused-ring (bicyclic) bond motifs is 1. The van der Waals surface area contributed by atoms with Gasteiger partial charge in [-0.3, -0.25) is 0 Å². The fourth-order valence-electron chi connectivity index (χ4n) is 2.69. The van der Waals surface area contributed by atoms with Gasteiger partial charge in [0.2, 0.25) is 0 Å². The summed E-state index contributed by atoms with van der Waals surface area (Å²) in [5, 5.41) is 0. The normalized spacial score (nSPS) is 13.0. The third-order valence-corrected chi connectivity index (χ3v) is 5.37. The SMILES string of the molecule is Cc1cc(C(C)n2c(=S)[nH]c3cc(Br)ccc32)c(C)s1. The summed E-state index contributed by atoms with van der Waals surface area (Å²) in [6, 6.07) is 8.74. The van der Waals surface area contributed by atoms with Crippen LogP contribution in [0.3, 0.4) is 0 Å². The lowest BCUT2D eigenvalue weighted by Crippen LogP contribution is -2.06. The number of aromatic amines is 1. The molecule has 3 aromatic rings. The quantitative estimate of drug-likeness (QED) is 0.572. The Balaban J connectivity index is 2.21. The second kappa shape index (κ2) is 5.13. The smallest absolute Gasteiger partial charge is 0.178 e. The largest absolute Gasteiger partial charge is 0.331 e. The number of nitrogens with zero attached hydrogens (tertiary/aromatic N) is 1. The molecule has 0 amide bonds. The van der Waals surface area contributed by atoms with Crippen molar-refractivity contribution in [2.45, 2.75) is 26.8 Å². The van der Waals surface area contributed by atoms with Gasteiger partial charge in [0.25, 0.3) is 0 Å². The van der Waals surface area contributed by atoms with Crippen LogP contribution in [0.25, 0.3) is 11.0 Å². The van der Waals surface area contributed by atoms with Crippen molar-refractivity contribution >= 4 is 50.5 Å². The number of rotatable bonds is 2. The molecule has 104 valence electrons. The zero-order valence-corrected chi connectivity index (χ0v) is 14.7. The topological polar surface area (TPSA) is 20.7 Å². The number of aryl methyl sites for hydroxylation is 2. The van der Waals surface area contributed by atoms with Crippen LogP contribution in [-0.2, 0) is 0 Å². The van der Waals surface area contributed by atoms with Crippen LogP contribution >= 0.6 is 39.5 Å². The van der Waals surface area contributed by atoms with Crippen molar-refractivity contribution in [1.82, 2.24) is 9.55 Å². The van der Waals surface area contributed by atoms with Crippen LogP contribution in [0.15, 0.2) is 28.7 Å². The fraction of sp³-hybridized carbons (Fsp3) is 0.267. The molecule has 0 radical (unpaired) electrons. The summed E-state index contributed by atoms with van der Waals surface area (Å²) in [7, 11) is 0. The number of imidazole rings is 1. The van der Waals surface area contributed by atoms with E-state index < -0.39 is 0 Å². The van der Waals surface area contributed by atoms with Gasteiger partial charge >= 0.3 is 0 Å². The predicted molar refractivity (Wildman–Crippen MR) is 92.4 cm³/mol. The summed E-state index contributed by atoms with van der Waals surface area (Å²) in [5.74, 6) is 0. The van der Waals surface area contributed by atoms with Crippen LogP contribution in [0.4, 0.5) is 0 Å². The lowest BCUT2D eigenvalue weighted by Gasteiger charge is -2.14. The molecule has 0 aliphatic rings. The molecule has 0 bridgehead atoms. The highest BCUT2D eigenvalue weighted by atomic mass is 79.9. The number of hydrogen-bond donors (Lipinski definition) is 1. The molecule has 0 aliphatic heterocycles. The highest BCUT2D eigenvalue weighted by Crippen LogP contribution is 2.31. The van der Waals surface area contributed by atoms with Crippen LogP contribution in [0, 0.1) is 18.6 Å². The highest BCUT2D eigenvalue weighted by Gasteiger charge is 2.16. The van der Waals surface area contributed by atoms with Crippen molar-refractivity contribution in [2.75, 3.05) is 0 Å². The monoisotopic (exact) mass is 366 g/mol. The number of hydrogen-bond acceptors (Lipinski definition) is 2. The van der Waals surface area contributed by atoms with E-state index in [0.29, 0.717) is 0 Å². The zero-order chi connectivity index (χ0) is 14.4. The predicted octanol–water partition coefficient (Wildman–Crippen LogP) is 5.75. The number of aromatic nitrogens is 2. The third kappa shape index (κ3) is 2.28. The summed E-state index contributed by atoms with van der Waals surface area (Å²) in [4.78, 5) is 6.01. The summed E-state index contributed by atoms with van der Waals surface area (Å²) >= 11 is 10.9. The second-order valence-electron chi connectivity index (χ2n) is 5.01. The van der Waals surface area contributed by atoms with Crippen LogP contribution in [0.1, 0.15) is 28.3 Å².